The van der Waals surface area contributed by atoms with Crippen LogP contribution in [-0.2, 0) is 5.75 Å². The molecule has 1 heterocycles. The molecule has 0 N–H and O–H groups in total. The zero-order valence-electron chi connectivity index (χ0n) is 11.9. The van der Waals surface area contributed by atoms with E-state index in [4.69, 9.17) is 11.6 Å². The first-order valence-corrected chi connectivity index (χ1v) is 8.15. The van der Waals surface area contributed by atoms with Crippen LogP contribution in [0.5, 0.6) is 0 Å². The predicted molar refractivity (Wildman–Crippen MR) is 90.4 cm³/mol. The second-order valence-electron chi connectivity index (χ2n) is 4.63. The van der Waals surface area contributed by atoms with Crippen LogP contribution in [0.2, 0.25) is 5.02 Å². The summed E-state index contributed by atoms with van der Waals surface area (Å²) in [7, 11) is 0. The Morgan fingerprint density at radius 1 is 1.17 bits per heavy atom. The Bertz CT molecular complexity index is 817. The van der Waals surface area contributed by atoms with Crippen LogP contribution in [0.3, 0.4) is 0 Å². The number of rotatable bonds is 5. The van der Waals surface area contributed by atoms with E-state index in [1.54, 1.807) is 23.0 Å². The summed E-state index contributed by atoms with van der Waals surface area (Å²) >= 11 is 7.63. The normalized spacial score (nSPS) is 11.2. The van der Waals surface area contributed by atoms with E-state index in [1.807, 2.05) is 24.3 Å². The quantitative estimate of drug-likeness (QED) is 0.512. The Balaban J connectivity index is 1.70. The molecule has 0 saturated carbocycles. The molecular weight excluding hydrogens is 335 g/mol. The molecule has 3 aromatic rings. The number of aromatic nitrogens is 3. The summed E-state index contributed by atoms with van der Waals surface area (Å²) < 4.78 is 14.4. The average molecular weight is 347 g/mol. The first-order valence-electron chi connectivity index (χ1n) is 6.78. The largest absolute Gasteiger partial charge is 0.212 e. The van der Waals surface area contributed by atoms with Gasteiger partial charge in [0.1, 0.15) is 12.1 Å². The van der Waals surface area contributed by atoms with Gasteiger partial charge in [0.15, 0.2) is 0 Å². The minimum atomic E-state index is -0.276. The summed E-state index contributed by atoms with van der Waals surface area (Å²) in [5.74, 6) is 0.396. The van der Waals surface area contributed by atoms with Gasteiger partial charge in [-0.3, -0.25) is 0 Å². The van der Waals surface area contributed by atoms with Crippen LogP contribution >= 0.6 is 23.4 Å². The van der Waals surface area contributed by atoms with E-state index in [1.165, 1.54) is 30.2 Å². The molecule has 0 fully saturated rings. The van der Waals surface area contributed by atoms with Gasteiger partial charge in [-0.15, -0.1) is 10.2 Å². The van der Waals surface area contributed by atoms with Crippen molar-refractivity contribution >= 4 is 29.6 Å². The molecule has 0 spiro atoms. The minimum Gasteiger partial charge on any atom is -0.207 e. The van der Waals surface area contributed by atoms with E-state index in [0.717, 1.165) is 16.1 Å². The molecule has 4 nitrogen and oxygen atoms in total. The third-order valence-corrected chi connectivity index (χ3v) is 4.37. The van der Waals surface area contributed by atoms with Crippen molar-refractivity contribution in [1.82, 2.24) is 14.9 Å². The van der Waals surface area contributed by atoms with Gasteiger partial charge in [0.2, 0.25) is 5.16 Å². The zero-order valence-corrected chi connectivity index (χ0v) is 13.5. The number of thioether (sulfide) groups is 1. The van der Waals surface area contributed by atoms with Gasteiger partial charge in [0, 0.05) is 10.8 Å². The maximum atomic E-state index is 12.9. The molecule has 23 heavy (non-hydrogen) atoms. The lowest BCUT2D eigenvalue weighted by molar-refractivity contribution is 0.628. The second-order valence-corrected chi connectivity index (χ2v) is 5.98. The summed E-state index contributed by atoms with van der Waals surface area (Å²) in [5.41, 5.74) is 1.82. The number of hydrogen-bond donors (Lipinski definition) is 0. The van der Waals surface area contributed by atoms with Gasteiger partial charge in [-0.25, -0.2) is 4.39 Å². The fourth-order valence-corrected chi connectivity index (χ4v) is 2.98. The lowest BCUT2D eigenvalue weighted by Crippen LogP contribution is -1.93. The number of benzene rings is 2. The molecule has 3 rings (SSSR count). The maximum Gasteiger partial charge on any atom is 0.212 e. The van der Waals surface area contributed by atoms with Crippen molar-refractivity contribution in [3.63, 3.8) is 0 Å². The molecule has 0 radical (unpaired) electrons. The molecule has 0 atom stereocenters. The highest BCUT2D eigenvalue weighted by Crippen LogP contribution is 2.25. The van der Waals surface area contributed by atoms with E-state index in [-0.39, 0.29) is 5.82 Å². The summed E-state index contributed by atoms with van der Waals surface area (Å²) in [6, 6.07) is 13.7. The zero-order chi connectivity index (χ0) is 16.1. The van der Waals surface area contributed by atoms with Crippen molar-refractivity contribution in [2.45, 2.75) is 10.9 Å². The van der Waals surface area contributed by atoms with Crippen molar-refractivity contribution in [1.29, 1.82) is 0 Å². The highest BCUT2D eigenvalue weighted by atomic mass is 35.5. The summed E-state index contributed by atoms with van der Waals surface area (Å²) in [4.78, 5) is 0. The molecule has 2 aromatic carbocycles. The third-order valence-electron chi connectivity index (χ3n) is 3.02. The van der Waals surface area contributed by atoms with Crippen LogP contribution in [-0.4, -0.2) is 21.1 Å². The molecule has 116 valence electrons. The smallest absolute Gasteiger partial charge is 0.207 e. The molecule has 1 aromatic heterocycles. The summed E-state index contributed by atoms with van der Waals surface area (Å²) in [6.45, 7) is 0. The molecule has 0 amide bonds. The molecule has 0 bridgehead atoms. The molecule has 0 aliphatic rings. The first kappa shape index (κ1) is 15.7. The van der Waals surface area contributed by atoms with E-state index in [0.29, 0.717) is 10.9 Å². The lowest BCUT2D eigenvalue weighted by atomic mass is 10.2. The maximum absolute atomic E-state index is 12.9. The van der Waals surface area contributed by atoms with Gasteiger partial charge in [-0.1, -0.05) is 53.7 Å². The standard InChI is InChI=1S/C16H12ClFN4S/c17-15-4-2-1-3-13(15)10-23-16-21-19-11-22(16)20-9-12-5-7-14(18)8-6-12/h1-9,11H,10H2/b20-9+. The van der Waals surface area contributed by atoms with Crippen LogP contribution in [0, 0.1) is 5.82 Å². The molecule has 0 aliphatic heterocycles. The Kier molecular flexibility index (Phi) is 5.05. The topological polar surface area (TPSA) is 43.1 Å². The van der Waals surface area contributed by atoms with Crippen molar-refractivity contribution in [3.8, 4) is 0 Å². The van der Waals surface area contributed by atoms with Crippen LogP contribution in [0.25, 0.3) is 0 Å². The number of hydrogen-bond acceptors (Lipinski definition) is 4. The van der Waals surface area contributed by atoms with Gasteiger partial charge >= 0.3 is 0 Å². The highest BCUT2D eigenvalue weighted by Gasteiger charge is 2.06. The van der Waals surface area contributed by atoms with Crippen LogP contribution in [0.4, 0.5) is 4.39 Å². The van der Waals surface area contributed by atoms with E-state index in [2.05, 4.69) is 15.3 Å². The number of halogens is 2. The van der Waals surface area contributed by atoms with Crippen molar-refractivity contribution in [2.75, 3.05) is 0 Å². The van der Waals surface area contributed by atoms with Crippen LogP contribution in [0.1, 0.15) is 11.1 Å². The van der Waals surface area contributed by atoms with E-state index in [9.17, 15) is 4.39 Å². The molecular formula is C16H12ClFN4S. The molecule has 0 unspecified atom stereocenters. The SMILES string of the molecule is Fc1ccc(/C=N/n2cnnc2SCc2ccccc2Cl)cc1. The van der Waals surface area contributed by atoms with E-state index < -0.39 is 0 Å². The van der Waals surface area contributed by atoms with Gasteiger partial charge < -0.3 is 0 Å². The highest BCUT2D eigenvalue weighted by molar-refractivity contribution is 7.98. The van der Waals surface area contributed by atoms with Gasteiger partial charge in [0.05, 0.1) is 6.21 Å². The van der Waals surface area contributed by atoms with Gasteiger partial charge in [-0.2, -0.15) is 9.78 Å². The van der Waals surface area contributed by atoms with Crippen LogP contribution in [0.15, 0.2) is 65.1 Å². The van der Waals surface area contributed by atoms with Crippen molar-refractivity contribution < 1.29 is 4.39 Å². The molecule has 0 saturated heterocycles. The van der Waals surface area contributed by atoms with Crippen molar-refractivity contribution in [3.05, 3.63) is 76.8 Å². The second kappa shape index (κ2) is 7.39. The fraction of sp³-hybridized carbons (Fsp3) is 0.0625. The Morgan fingerprint density at radius 2 is 1.96 bits per heavy atom. The Morgan fingerprint density at radius 3 is 2.74 bits per heavy atom. The minimum absolute atomic E-state index is 0.276. The summed E-state index contributed by atoms with van der Waals surface area (Å²) in [6.07, 6.45) is 3.15. The Hall–Kier alpha value is -2.18. The lowest BCUT2D eigenvalue weighted by Gasteiger charge is -2.03. The van der Waals surface area contributed by atoms with Crippen molar-refractivity contribution in [2.24, 2.45) is 5.10 Å². The summed E-state index contributed by atoms with van der Waals surface area (Å²) in [5, 5.41) is 13.6. The Labute approximate surface area is 142 Å². The van der Waals surface area contributed by atoms with E-state index >= 15 is 0 Å². The predicted octanol–water partition coefficient (Wildman–Crippen LogP) is 4.25. The average Bonchev–Trinajstić information content (AvgIpc) is 3.01. The number of nitrogens with zero attached hydrogens (tertiary/aromatic N) is 4. The molecule has 7 heteroatoms. The third kappa shape index (κ3) is 4.18. The van der Waals surface area contributed by atoms with Gasteiger partial charge in [0.25, 0.3) is 0 Å². The van der Waals surface area contributed by atoms with Crippen LogP contribution < -0.4 is 0 Å². The van der Waals surface area contributed by atoms with Gasteiger partial charge in [-0.05, 0) is 29.3 Å². The monoisotopic (exact) mass is 346 g/mol. The first-order chi connectivity index (χ1) is 11.2. The fourth-order valence-electron chi connectivity index (χ4n) is 1.83. The molecule has 0 aliphatic carbocycles.